The number of nitrogens with one attached hydrogen (secondary N) is 1. The van der Waals surface area contributed by atoms with E-state index >= 15 is 0 Å². The van der Waals surface area contributed by atoms with Crippen LogP contribution in [0, 0.1) is 10.3 Å². The quantitative estimate of drug-likeness (QED) is 0.748. The lowest BCUT2D eigenvalue weighted by Gasteiger charge is -2.47. The molecule has 0 aromatic rings. The number of carbonyl (C=O) groups excluding carboxylic acids is 1. The maximum Gasteiger partial charge on any atom is 0.410 e. The molecule has 0 saturated carbocycles. The third kappa shape index (κ3) is 3.29. The standard InChI is InChI=1S/C14H25N3O3/c1-13(2,3)20-12(18)17-9-6-14(11(10-17)16-19)4-7-15-8-5-14/h11,15H,4-10H2,1-3H3. The highest BCUT2D eigenvalue weighted by Crippen LogP contribution is 2.41. The summed E-state index contributed by atoms with van der Waals surface area (Å²) in [6.07, 6.45) is 2.43. The van der Waals surface area contributed by atoms with Crippen molar-refractivity contribution in [3.63, 3.8) is 0 Å². The largest absolute Gasteiger partial charge is 0.444 e. The summed E-state index contributed by atoms with van der Waals surface area (Å²) in [7, 11) is 0. The maximum atomic E-state index is 12.1. The predicted octanol–water partition coefficient (Wildman–Crippen LogP) is 2.13. The molecule has 2 saturated heterocycles. The summed E-state index contributed by atoms with van der Waals surface area (Å²) in [5, 5.41) is 6.64. The summed E-state index contributed by atoms with van der Waals surface area (Å²) in [6, 6.07) is -0.314. The van der Waals surface area contributed by atoms with Gasteiger partial charge in [0.1, 0.15) is 11.6 Å². The van der Waals surface area contributed by atoms with Crippen LogP contribution in [0.25, 0.3) is 0 Å². The van der Waals surface area contributed by atoms with Gasteiger partial charge in [-0.1, -0.05) is 5.18 Å². The summed E-state index contributed by atoms with van der Waals surface area (Å²) >= 11 is 0. The van der Waals surface area contributed by atoms with Crippen LogP contribution < -0.4 is 5.32 Å². The van der Waals surface area contributed by atoms with Gasteiger partial charge in [-0.05, 0) is 53.1 Å². The van der Waals surface area contributed by atoms with Crippen molar-refractivity contribution in [3.05, 3.63) is 4.91 Å². The molecule has 6 nitrogen and oxygen atoms in total. The van der Waals surface area contributed by atoms with E-state index < -0.39 is 5.60 Å². The van der Waals surface area contributed by atoms with Crippen LogP contribution in [0.4, 0.5) is 4.79 Å². The minimum absolute atomic E-state index is 0.0223. The van der Waals surface area contributed by atoms with Gasteiger partial charge in [0.15, 0.2) is 0 Å². The molecule has 1 spiro atoms. The number of piperidine rings is 2. The van der Waals surface area contributed by atoms with Gasteiger partial charge < -0.3 is 15.0 Å². The van der Waals surface area contributed by atoms with Crippen LogP contribution in [-0.4, -0.2) is 48.8 Å². The van der Waals surface area contributed by atoms with E-state index in [1.807, 2.05) is 20.8 Å². The lowest BCUT2D eigenvalue weighted by molar-refractivity contribution is -0.00103. The molecule has 2 aliphatic heterocycles. The van der Waals surface area contributed by atoms with Gasteiger partial charge >= 0.3 is 6.09 Å². The lowest BCUT2D eigenvalue weighted by atomic mass is 9.68. The molecule has 2 rings (SSSR count). The molecule has 0 aromatic carbocycles. The fourth-order valence-electron chi connectivity index (χ4n) is 3.16. The third-order valence-corrected chi connectivity index (χ3v) is 4.36. The average molecular weight is 283 g/mol. The zero-order chi connectivity index (χ0) is 14.8. The van der Waals surface area contributed by atoms with Crippen LogP contribution >= 0.6 is 0 Å². The molecule has 1 atom stereocenters. The number of rotatable bonds is 1. The summed E-state index contributed by atoms with van der Waals surface area (Å²) in [6.45, 7) is 8.44. The molecule has 1 amide bonds. The Morgan fingerprint density at radius 2 is 1.95 bits per heavy atom. The average Bonchev–Trinajstić information content (AvgIpc) is 2.38. The fraction of sp³-hybridized carbons (Fsp3) is 0.929. The Balaban J connectivity index is 2.01. The zero-order valence-electron chi connectivity index (χ0n) is 12.6. The lowest BCUT2D eigenvalue weighted by Crippen LogP contribution is -2.55. The predicted molar refractivity (Wildman–Crippen MR) is 76.5 cm³/mol. The van der Waals surface area contributed by atoms with Crippen LogP contribution in [-0.2, 0) is 4.74 Å². The van der Waals surface area contributed by atoms with Gasteiger partial charge in [-0.2, -0.15) is 4.91 Å². The van der Waals surface area contributed by atoms with E-state index in [9.17, 15) is 9.70 Å². The highest BCUT2D eigenvalue weighted by molar-refractivity contribution is 5.68. The van der Waals surface area contributed by atoms with E-state index in [2.05, 4.69) is 10.5 Å². The van der Waals surface area contributed by atoms with Crippen molar-refractivity contribution in [1.82, 2.24) is 10.2 Å². The van der Waals surface area contributed by atoms with Crippen molar-refractivity contribution in [1.29, 1.82) is 0 Å². The van der Waals surface area contributed by atoms with E-state index in [0.29, 0.717) is 13.1 Å². The molecule has 2 fully saturated rings. The number of hydrogen-bond donors (Lipinski definition) is 1. The number of ether oxygens (including phenoxy) is 1. The first kappa shape index (κ1) is 15.2. The molecule has 0 aliphatic carbocycles. The molecule has 2 heterocycles. The first-order chi connectivity index (χ1) is 9.36. The molecule has 0 bridgehead atoms. The Hall–Kier alpha value is -1.17. The molecule has 1 unspecified atom stereocenters. The smallest absolute Gasteiger partial charge is 0.410 e. The van der Waals surface area contributed by atoms with Crippen molar-refractivity contribution in [2.45, 2.75) is 51.7 Å². The van der Waals surface area contributed by atoms with E-state index in [1.54, 1.807) is 4.90 Å². The highest BCUT2D eigenvalue weighted by Gasteiger charge is 2.46. The van der Waals surface area contributed by atoms with Crippen molar-refractivity contribution < 1.29 is 9.53 Å². The Kier molecular flexibility index (Phi) is 4.32. The highest BCUT2D eigenvalue weighted by atomic mass is 16.6. The molecular formula is C14H25N3O3. The van der Waals surface area contributed by atoms with Gasteiger partial charge in [0, 0.05) is 12.0 Å². The Morgan fingerprint density at radius 3 is 2.50 bits per heavy atom. The third-order valence-electron chi connectivity index (χ3n) is 4.36. The SMILES string of the molecule is CC(C)(C)OC(=O)N1CCC2(CCNCC2)C(N=O)C1. The van der Waals surface area contributed by atoms with Crippen LogP contribution in [0.2, 0.25) is 0 Å². The van der Waals surface area contributed by atoms with Gasteiger partial charge in [-0.3, -0.25) is 0 Å². The molecule has 6 heteroatoms. The van der Waals surface area contributed by atoms with E-state index in [4.69, 9.17) is 4.74 Å². The topological polar surface area (TPSA) is 71.0 Å². The van der Waals surface area contributed by atoms with Gasteiger partial charge in [-0.25, -0.2) is 4.79 Å². The number of nitroso groups, excluding NO2 is 1. The summed E-state index contributed by atoms with van der Waals surface area (Å²) < 4.78 is 5.38. The minimum Gasteiger partial charge on any atom is -0.444 e. The summed E-state index contributed by atoms with van der Waals surface area (Å²) in [5.74, 6) is 0. The van der Waals surface area contributed by atoms with Crippen LogP contribution in [0.15, 0.2) is 5.18 Å². The molecule has 114 valence electrons. The first-order valence-corrected chi connectivity index (χ1v) is 7.37. The second-order valence-electron chi connectivity index (χ2n) is 6.91. The summed E-state index contributed by atoms with van der Waals surface area (Å²) in [5.41, 5.74) is -0.531. The van der Waals surface area contributed by atoms with Crippen LogP contribution in [0.3, 0.4) is 0 Å². The van der Waals surface area contributed by atoms with Gasteiger partial charge in [-0.15, -0.1) is 0 Å². The number of carbonyl (C=O) groups is 1. The molecule has 0 radical (unpaired) electrons. The second kappa shape index (κ2) is 5.68. The van der Waals surface area contributed by atoms with Crippen molar-refractivity contribution in [3.8, 4) is 0 Å². The van der Waals surface area contributed by atoms with Gasteiger partial charge in [0.05, 0.1) is 6.54 Å². The van der Waals surface area contributed by atoms with E-state index in [-0.39, 0.29) is 17.6 Å². The Bertz CT molecular complexity index is 372. The van der Waals surface area contributed by atoms with Gasteiger partial charge in [0.2, 0.25) is 0 Å². The van der Waals surface area contributed by atoms with Gasteiger partial charge in [0.25, 0.3) is 0 Å². The molecule has 20 heavy (non-hydrogen) atoms. The number of amides is 1. The molecule has 0 aromatic heterocycles. The number of likely N-dealkylation sites (tertiary alicyclic amines) is 1. The first-order valence-electron chi connectivity index (χ1n) is 7.37. The van der Waals surface area contributed by atoms with E-state index in [0.717, 1.165) is 32.4 Å². The monoisotopic (exact) mass is 283 g/mol. The van der Waals surface area contributed by atoms with Crippen molar-refractivity contribution in [2.75, 3.05) is 26.2 Å². The Morgan fingerprint density at radius 1 is 1.30 bits per heavy atom. The number of hydrogen-bond acceptors (Lipinski definition) is 5. The Labute approximate surface area is 120 Å². The zero-order valence-corrected chi connectivity index (χ0v) is 12.6. The summed E-state index contributed by atoms with van der Waals surface area (Å²) in [4.78, 5) is 25.0. The molecule has 1 N–H and O–H groups in total. The molecule has 2 aliphatic rings. The maximum absolute atomic E-state index is 12.1. The second-order valence-corrected chi connectivity index (χ2v) is 6.91. The molecular weight excluding hydrogens is 258 g/mol. The van der Waals surface area contributed by atoms with E-state index in [1.165, 1.54) is 0 Å². The minimum atomic E-state index is -0.509. The van der Waals surface area contributed by atoms with Crippen LogP contribution in [0.5, 0.6) is 0 Å². The van der Waals surface area contributed by atoms with Crippen molar-refractivity contribution >= 4 is 6.09 Å². The van der Waals surface area contributed by atoms with Crippen LogP contribution in [0.1, 0.15) is 40.0 Å². The number of nitrogens with zero attached hydrogens (tertiary/aromatic N) is 2. The fourth-order valence-corrected chi connectivity index (χ4v) is 3.16. The normalized spacial score (nSPS) is 26.4. The van der Waals surface area contributed by atoms with Crippen molar-refractivity contribution in [2.24, 2.45) is 10.6 Å².